The van der Waals surface area contributed by atoms with Crippen molar-refractivity contribution in [3.05, 3.63) is 113 Å². The van der Waals surface area contributed by atoms with Crippen molar-refractivity contribution in [2.24, 2.45) is 10.7 Å². The molecule has 0 amide bonds. The number of hydrogen-bond acceptors (Lipinski definition) is 6. The minimum absolute atomic E-state index is 0.121. The first-order valence-corrected chi connectivity index (χ1v) is 10.1. The number of rotatable bonds is 3. The zero-order chi connectivity index (χ0) is 23.9. The van der Waals surface area contributed by atoms with Gasteiger partial charge >= 0.3 is 6.18 Å². The maximum Gasteiger partial charge on any atom is 0.433 e. The zero-order valence-electron chi connectivity index (χ0n) is 17.5. The van der Waals surface area contributed by atoms with Gasteiger partial charge in [0.25, 0.3) is 0 Å². The SMILES string of the molecule is N#Cc1ccnc(-c2cccc(C3(c4ccnc(C(F)(F)F)c4)N=C(N)c4ncccc43)c2)c1. The van der Waals surface area contributed by atoms with E-state index in [1.807, 2.05) is 0 Å². The summed E-state index contributed by atoms with van der Waals surface area (Å²) in [5.74, 6) is 0.121. The third kappa shape index (κ3) is 3.36. The van der Waals surface area contributed by atoms with E-state index in [0.29, 0.717) is 33.6 Å². The van der Waals surface area contributed by atoms with Crippen LogP contribution in [0.5, 0.6) is 0 Å². The fourth-order valence-electron chi connectivity index (χ4n) is 4.17. The molecule has 34 heavy (non-hydrogen) atoms. The Morgan fingerprint density at radius 3 is 2.44 bits per heavy atom. The van der Waals surface area contributed by atoms with Crippen molar-refractivity contribution in [2.75, 3.05) is 0 Å². The van der Waals surface area contributed by atoms with Gasteiger partial charge in [0.2, 0.25) is 0 Å². The maximum atomic E-state index is 13.5. The molecule has 4 aromatic rings. The molecule has 0 saturated carbocycles. The monoisotopic (exact) mass is 456 g/mol. The second kappa shape index (κ2) is 7.78. The Morgan fingerprint density at radius 1 is 0.853 bits per heavy atom. The molecule has 2 N–H and O–H groups in total. The minimum Gasteiger partial charge on any atom is -0.382 e. The van der Waals surface area contributed by atoms with Gasteiger partial charge in [-0.2, -0.15) is 18.4 Å². The highest BCUT2D eigenvalue weighted by atomic mass is 19.4. The van der Waals surface area contributed by atoms with E-state index in [1.165, 1.54) is 12.3 Å². The number of aromatic nitrogens is 3. The van der Waals surface area contributed by atoms with Crippen LogP contribution in [0.3, 0.4) is 0 Å². The number of pyridine rings is 3. The summed E-state index contributed by atoms with van der Waals surface area (Å²) in [4.78, 5) is 16.9. The van der Waals surface area contributed by atoms with Crippen LogP contribution in [0, 0.1) is 11.3 Å². The minimum atomic E-state index is -4.63. The molecule has 1 unspecified atom stereocenters. The molecule has 6 nitrogen and oxygen atoms in total. The van der Waals surface area contributed by atoms with Crippen LogP contribution in [0.1, 0.15) is 33.6 Å². The van der Waals surface area contributed by atoms with E-state index in [-0.39, 0.29) is 11.4 Å². The lowest BCUT2D eigenvalue weighted by atomic mass is 9.78. The molecule has 0 fully saturated rings. The van der Waals surface area contributed by atoms with E-state index >= 15 is 0 Å². The number of nitrogens with zero attached hydrogens (tertiary/aromatic N) is 5. The van der Waals surface area contributed by atoms with E-state index in [4.69, 9.17) is 5.73 Å². The fraction of sp³-hybridized carbons (Fsp3) is 0.0800. The van der Waals surface area contributed by atoms with Crippen LogP contribution in [0.4, 0.5) is 13.2 Å². The Hall–Kier alpha value is -4.58. The van der Waals surface area contributed by atoms with Crippen molar-refractivity contribution in [3.8, 4) is 17.3 Å². The number of nitriles is 1. The van der Waals surface area contributed by atoms with Crippen LogP contribution in [0.25, 0.3) is 11.3 Å². The lowest BCUT2D eigenvalue weighted by Gasteiger charge is -2.29. The Bertz CT molecular complexity index is 1490. The van der Waals surface area contributed by atoms with Crippen molar-refractivity contribution in [2.45, 2.75) is 11.7 Å². The number of alkyl halides is 3. The second-order valence-corrected chi connectivity index (χ2v) is 7.66. The summed E-state index contributed by atoms with van der Waals surface area (Å²) in [5.41, 5.74) is 7.24. The topological polar surface area (TPSA) is 101 Å². The van der Waals surface area contributed by atoms with E-state index < -0.39 is 17.4 Å². The molecule has 3 aromatic heterocycles. The van der Waals surface area contributed by atoms with Crippen LogP contribution >= 0.6 is 0 Å². The molecule has 0 radical (unpaired) electrons. The number of hydrogen-bond donors (Lipinski definition) is 1. The predicted octanol–water partition coefficient (Wildman–Crippen LogP) is 4.44. The van der Waals surface area contributed by atoms with Gasteiger partial charge in [0, 0.05) is 29.7 Å². The van der Waals surface area contributed by atoms with Gasteiger partial charge in [-0.1, -0.05) is 24.3 Å². The van der Waals surface area contributed by atoms with Crippen molar-refractivity contribution < 1.29 is 13.2 Å². The molecule has 4 heterocycles. The number of nitrogens with two attached hydrogens (primary N) is 1. The standard InChI is InChI=1S/C25H15F3N6/c26-25(27,28)21-13-18(7-10-32-21)24(19-5-2-8-33-22(19)23(30)34-24)17-4-1-3-16(12-17)20-11-15(14-29)6-9-31-20/h1-13H,(H2,30,34). The van der Waals surface area contributed by atoms with E-state index in [9.17, 15) is 18.4 Å². The molecule has 0 bridgehead atoms. The summed E-state index contributed by atoms with van der Waals surface area (Å²) in [7, 11) is 0. The van der Waals surface area contributed by atoms with Crippen molar-refractivity contribution in [1.29, 1.82) is 5.26 Å². The molecule has 166 valence electrons. The fourth-order valence-corrected chi connectivity index (χ4v) is 4.17. The number of aliphatic imine (C=N–C) groups is 1. The highest BCUT2D eigenvalue weighted by Crippen LogP contribution is 2.46. The summed E-state index contributed by atoms with van der Waals surface area (Å²) in [6.45, 7) is 0. The highest BCUT2D eigenvalue weighted by molar-refractivity contribution is 6.01. The largest absolute Gasteiger partial charge is 0.433 e. The number of halogens is 3. The van der Waals surface area contributed by atoms with Crippen LogP contribution in [0.15, 0.2) is 84.2 Å². The Morgan fingerprint density at radius 2 is 1.65 bits per heavy atom. The first-order valence-electron chi connectivity index (χ1n) is 10.1. The first-order chi connectivity index (χ1) is 16.3. The van der Waals surface area contributed by atoms with E-state index in [1.54, 1.807) is 54.7 Å². The summed E-state index contributed by atoms with van der Waals surface area (Å²) in [5, 5.41) is 9.24. The van der Waals surface area contributed by atoms with Gasteiger partial charge in [-0.15, -0.1) is 0 Å². The Kier molecular flexibility index (Phi) is 4.87. The maximum absolute atomic E-state index is 13.5. The Labute approximate surface area is 192 Å². The summed E-state index contributed by atoms with van der Waals surface area (Å²) in [6.07, 6.45) is -0.438. The lowest BCUT2D eigenvalue weighted by molar-refractivity contribution is -0.141. The molecular weight excluding hydrogens is 441 g/mol. The molecule has 1 aliphatic rings. The quantitative estimate of drug-likeness (QED) is 0.491. The number of benzene rings is 1. The van der Waals surface area contributed by atoms with Crippen molar-refractivity contribution in [1.82, 2.24) is 15.0 Å². The second-order valence-electron chi connectivity index (χ2n) is 7.66. The van der Waals surface area contributed by atoms with Gasteiger partial charge in [0.05, 0.1) is 17.3 Å². The molecule has 1 aliphatic heterocycles. The van der Waals surface area contributed by atoms with Gasteiger partial charge in [0.15, 0.2) is 0 Å². The molecule has 0 aliphatic carbocycles. The van der Waals surface area contributed by atoms with Crippen LogP contribution in [-0.4, -0.2) is 20.8 Å². The van der Waals surface area contributed by atoms with Gasteiger partial charge < -0.3 is 5.73 Å². The summed E-state index contributed by atoms with van der Waals surface area (Å²) in [6, 6.07) is 18.4. The predicted molar refractivity (Wildman–Crippen MR) is 118 cm³/mol. The normalized spacial score (nSPS) is 17.1. The number of amidine groups is 1. The summed E-state index contributed by atoms with van der Waals surface area (Å²) >= 11 is 0. The van der Waals surface area contributed by atoms with Gasteiger partial charge in [-0.25, -0.2) is 4.99 Å². The molecule has 1 aromatic carbocycles. The van der Waals surface area contributed by atoms with Crippen LogP contribution in [0.2, 0.25) is 0 Å². The van der Waals surface area contributed by atoms with Crippen molar-refractivity contribution >= 4 is 5.84 Å². The van der Waals surface area contributed by atoms with Crippen molar-refractivity contribution in [3.63, 3.8) is 0 Å². The smallest absolute Gasteiger partial charge is 0.382 e. The molecule has 1 atom stereocenters. The molecule has 9 heteroatoms. The third-order valence-corrected chi connectivity index (χ3v) is 5.66. The zero-order valence-corrected chi connectivity index (χ0v) is 17.5. The average molecular weight is 456 g/mol. The third-order valence-electron chi connectivity index (χ3n) is 5.66. The van der Waals surface area contributed by atoms with Gasteiger partial charge in [-0.3, -0.25) is 15.0 Å². The van der Waals surface area contributed by atoms with E-state index in [0.717, 1.165) is 12.3 Å². The van der Waals surface area contributed by atoms with Gasteiger partial charge in [0.1, 0.15) is 22.8 Å². The van der Waals surface area contributed by atoms with E-state index in [2.05, 4.69) is 26.0 Å². The van der Waals surface area contributed by atoms with Crippen LogP contribution < -0.4 is 5.73 Å². The highest BCUT2D eigenvalue weighted by Gasteiger charge is 2.45. The van der Waals surface area contributed by atoms with Crippen LogP contribution in [-0.2, 0) is 11.7 Å². The molecular formula is C25H15F3N6. The first kappa shape index (κ1) is 21.3. The average Bonchev–Trinajstić information content (AvgIpc) is 3.17. The van der Waals surface area contributed by atoms with Gasteiger partial charge in [-0.05, 0) is 47.5 Å². The molecule has 0 spiro atoms. The molecule has 5 rings (SSSR count). The Balaban J connectivity index is 1.78. The molecule has 0 saturated heterocycles. The summed E-state index contributed by atoms with van der Waals surface area (Å²) < 4.78 is 40.6. The number of fused-ring (bicyclic) bond motifs is 1. The lowest BCUT2D eigenvalue weighted by Crippen LogP contribution is -2.26.